The van der Waals surface area contributed by atoms with E-state index in [-0.39, 0.29) is 18.0 Å². The summed E-state index contributed by atoms with van der Waals surface area (Å²) in [5.74, 6) is 0.185. The molecule has 0 bridgehead atoms. The minimum Gasteiger partial charge on any atom is -0.508 e. The van der Waals surface area contributed by atoms with Crippen LogP contribution in [0, 0.1) is 0 Å². The van der Waals surface area contributed by atoms with E-state index in [9.17, 15) is 9.90 Å². The van der Waals surface area contributed by atoms with E-state index in [4.69, 9.17) is 0 Å². The van der Waals surface area contributed by atoms with Crippen LogP contribution in [0.2, 0.25) is 0 Å². The maximum Gasteiger partial charge on any atom is 0.186 e. The maximum absolute atomic E-state index is 12.0. The van der Waals surface area contributed by atoms with Crippen LogP contribution in [0.25, 0.3) is 10.9 Å². The van der Waals surface area contributed by atoms with Crippen LogP contribution in [-0.4, -0.2) is 20.9 Å². The Kier molecular flexibility index (Phi) is 2.60. The summed E-state index contributed by atoms with van der Waals surface area (Å²) < 4.78 is 0. The molecule has 5 heteroatoms. The number of phenols is 1. The van der Waals surface area contributed by atoms with Crippen molar-refractivity contribution in [2.45, 2.75) is 6.42 Å². The number of rotatable bonds is 3. The fourth-order valence-corrected chi connectivity index (χ4v) is 2.48. The number of hydrogen-bond donors (Lipinski definition) is 2. The van der Waals surface area contributed by atoms with Crippen LogP contribution < -0.4 is 0 Å². The number of aromatic hydroxyl groups is 1. The van der Waals surface area contributed by atoms with Gasteiger partial charge in [-0.05, 0) is 23.8 Å². The van der Waals surface area contributed by atoms with E-state index in [2.05, 4.69) is 9.97 Å². The molecule has 2 N–H and O–H groups in total. The molecule has 0 unspecified atom stereocenters. The van der Waals surface area contributed by atoms with E-state index < -0.39 is 0 Å². The number of nitrogens with one attached hydrogen (secondary N) is 1. The second kappa shape index (κ2) is 4.27. The SMILES string of the molecule is O=C(Cc1c[nH]c2ccc(O)cc12)c1cscn1. The predicted molar refractivity (Wildman–Crippen MR) is 70.1 cm³/mol. The minimum absolute atomic E-state index is 0.0134. The Morgan fingerprint density at radius 2 is 2.33 bits per heavy atom. The van der Waals surface area contributed by atoms with E-state index in [1.165, 1.54) is 11.3 Å². The first-order valence-electron chi connectivity index (χ1n) is 5.44. The van der Waals surface area contributed by atoms with Crippen LogP contribution >= 0.6 is 11.3 Å². The molecule has 4 nitrogen and oxygen atoms in total. The molecule has 0 aliphatic carbocycles. The van der Waals surface area contributed by atoms with Crippen LogP contribution in [0.4, 0.5) is 0 Å². The molecule has 1 aromatic carbocycles. The van der Waals surface area contributed by atoms with Crippen LogP contribution in [-0.2, 0) is 6.42 Å². The standard InChI is InChI=1S/C13H10N2O2S/c16-9-1-2-11-10(4-9)8(5-14-11)3-13(17)12-6-18-7-15-12/h1-2,4-7,14,16H,3H2. The summed E-state index contributed by atoms with van der Waals surface area (Å²) in [7, 11) is 0. The van der Waals surface area contributed by atoms with Crippen LogP contribution in [0.3, 0.4) is 0 Å². The van der Waals surface area contributed by atoms with Crippen molar-refractivity contribution in [2.24, 2.45) is 0 Å². The lowest BCUT2D eigenvalue weighted by Crippen LogP contribution is -2.03. The molecule has 90 valence electrons. The van der Waals surface area contributed by atoms with Crippen molar-refractivity contribution in [3.05, 3.63) is 46.5 Å². The van der Waals surface area contributed by atoms with Crippen molar-refractivity contribution >= 4 is 28.0 Å². The van der Waals surface area contributed by atoms with Crippen molar-refractivity contribution in [3.63, 3.8) is 0 Å². The second-order valence-corrected chi connectivity index (χ2v) is 4.74. The summed E-state index contributed by atoms with van der Waals surface area (Å²) in [5, 5.41) is 12.1. The van der Waals surface area contributed by atoms with Crippen molar-refractivity contribution < 1.29 is 9.90 Å². The van der Waals surface area contributed by atoms with Gasteiger partial charge < -0.3 is 10.1 Å². The smallest absolute Gasteiger partial charge is 0.186 e. The first-order chi connectivity index (χ1) is 8.74. The monoisotopic (exact) mass is 258 g/mol. The van der Waals surface area contributed by atoms with Gasteiger partial charge in [0.15, 0.2) is 5.78 Å². The van der Waals surface area contributed by atoms with Gasteiger partial charge in [-0.2, -0.15) is 0 Å². The Morgan fingerprint density at radius 1 is 1.44 bits per heavy atom. The highest BCUT2D eigenvalue weighted by Gasteiger charge is 2.12. The van der Waals surface area contributed by atoms with E-state index in [0.717, 1.165) is 16.5 Å². The molecule has 0 saturated heterocycles. The zero-order valence-corrected chi connectivity index (χ0v) is 10.2. The van der Waals surface area contributed by atoms with Crippen LogP contribution in [0.5, 0.6) is 5.75 Å². The van der Waals surface area contributed by atoms with Gasteiger partial charge in [-0.15, -0.1) is 11.3 Å². The average Bonchev–Trinajstić information content (AvgIpc) is 2.99. The number of hydrogen-bond acceptors (Lipinski definition) is 4. The highest BCUT2D eigenvalue weighted by atomic mass is 32.1. The summed E-state index contributed by atoms with van der Waals surface area (Å²) in [6.07, 6.45) is 2.08. The largest absolute Gasteiger partial charge is 0.508 e. The van der Waals surface area contributed by atoms with Gasteiger partial charge in [-0.3, -0.25) is 4.79 Å². The van der Waals surface area contributed by atoms with Gasteiger partial charge in [0, 0.05) is 28.9 Å². The molecule has 0 amide bonds. The summed E-state index contributed by atoms with van der Waals surface area (Å²) in [6.45, 7) is 0. The number of aromatic amines is 1. The number of aromatic nitrogens is 2. The Bertz CT molecular complexity index is 701. The predicted octanol–water partition coefficient (Wildman–Crippen LogP) is 2.76. The highest BCUT2D eigenvalue weighted by Crippen LogP contribution is 2.24. The molecule has 0 fully saturated rings. The fourth-order valence-electron chi connectivity index (χ4n) is 1.93. The third-order valence-corrected chi connectivity index (χ3v) is 3.41. The number of carbonyl (C=O) groups is 1. The third-order valence-electron chi connectivity index (χ3n) is 2.82. The number of phenolic OH excluding ortho intramolecular Hbond substituents is 1. The van der Waals surface area contributed by atoms with Crippen LogP contribution in [0.1, 0.15) is 16.1 Å². The van der Waals surface area contributed by atoms with Gasteiger partial charge in [0.05, 0.1) is 5.51 Å². The number of benzene rings is 1. The number of carbonyl (C=O) groups excluding carboxylic acids is 1. The lowest BCUT2D eigenvalue weighted by molar-refractivity contribution is 0.0989. The Morgan fingerprint density at radius 3 is 3.11 bits per heavy atom. The normalized spacial score (nSPS) is 10.9. The molecule has 0 spiro atoms. The first-order valence-corrected chi connectivity index (χ1v) is 6.38. The van der Waals surface area contributed by atoms with Gasteiger partial charge in [0.25, 0.3) is 0 Å². The summed E-state index contributed by atoms with van der Waals surface area (Å²) in [4.78, 5) is 19.1. The molecule has 0 radical (unpaired) electrons. The number of ketones is 1. The Labute approximate surface area is 107 Å². The van der Waals surface area contributed by atoms with Crippen LogP contribution in [0.15, 0.2) is 35.3 Å². The zero-order chi connectivity index (χ0) is 12.5. The number of H-pyrrole nitrogens is 1. The highest BCUT2D eigenvalue weighted by molar-refractivity contribution is 7.07. The molecule has 0 saturated carbocycles. The van der Waals surface area contributed by atoms with Gasteiger partial charge in [0.2, 0.25) is 0 Å². The molecular formula is C13H10N2O2S. The molecule has 18 heavy (non-hydrogen) atoms. The van der Waals surface area contributed by atoms with Crippen molar-refractivity contribution in [1.29, 1.82) is 0 Å². The topological polar surface area (TPSA) is 66.0 Å². The zero-order valence-electron chi connectivity index (χ0n) is 9.38. The van der Waals surface area contributed by atoms with Crippen molar-refractivity contribution in [3.8, 4) is 5.75 Å². The molecule has 0 aliphatic rings. The Balaban J connectivity index is 1.95. The fraction of sp³-hybridized carbons (Fsp3) is 0.0769. The minimum atomic E-state index is -0.0134. The summed E-state index contributed by atoms with van der Waals surface area (Å²) >= 11 is 1.41. The molecule has 3 rings (SSSR count). The number of thiazole rings is 1. The third kappa shape index (κ3) is 1.89. The van der Waals surface area contributed by atoms with Crippen molar-refractivity contribution in [2.75, 3.05) is 0 Å². The second-order valence-electron chi connectivity index (χ2n) is 4.02. The van der Waals surface area contributed by atoms with E-state index >= 15 is 0 Å². The number of Topliss-reactive ketones (excluding diaryl/α,β-unsaturated/α-hetero) is 1. The Hall–Kier alpha value is -2.14. The maximum atomic E-state index is 12.0. The van der Waals surface area contributed by atoms with Gasteiger partial charge in [-0.1, -0.05) is 0 Å². The van der Waals surface area contributed by atoms with E-state index in [1.807, 2.05) is 0 Å². The summed E-state index contributed by atoms with van der Waals surface area (Å²) in [5.41, 5.74) is 3.93. The van der Waals surface area contributed by atoms with Gasteiger partial charge in [0.1, 0.15) is 11.4 Å². The first kappa shape index (κ1) is 11.0. The van der Waals surface area contributed by atoms with Crippen molar-refractivity contribution in [1.82, 2.24) is 9.97 Å². The molecule has 0 atom stereocenters. The molecular weight excluding hydrogens is 248 g/mol. The van der Waals surface area contributed by atoms with Gasteiger partial charge >= 0.3 is 0 Å². The lowest BCUT2D eigenvalue weighted by atomic mass is 10.1. The van der Waals surface area contributed by atoms with E-state index in [1.54, 1.807) is 35.3 Å². The quantitative estimate of drug-likeness (QED) is 0.710. The molecule has 0 aliphatic heterocycles. The van der Waals surface area contributed by atoms with Gasteiger partial charge in [-0.25, -0.2) is 4.98 Å². The molecule has 2 aromatic heterocycles. The number of nitrogens with zero attached hydrogens (tertiary/aromatic N) is 1. The number of fused-ring (bicyclic) bond motifs is 1. The molecule has 2 heterocycles. The lowest BCUT2D eigenvalue weighted by Gasteiger charge is -1.98. The van der Waals surface area contributed by atoms with E-state index in [0.29, 0.717) is 5.69 Å². The average molecular weight is 258 g/mol. The molecule has 3 aromatic rings. The summed E-state index contributed by atoms with van der Waals surface area (Å²) in [6, 6.07) is 5.07.